The molecule has 3 rings (SSSR count). The Balaban J connectivity index is 2.20. The standard InChI is InChI=1S/C14H13ClN2O4/c15-8-1-2-11-9(5-8)10-6-16(14(20)21)4-3-12(10)17(11)7-13(18)19/h1-2,5H,3-4,6-7H2,(H,18,19)(H,20,21). The average molecular weight is 309 g/mol. The Morgan fingerprint density at radius 1 is 1.29 bits per heavy atom. The molecule has 0 atom stereocenters. The molecule has 0 spiro atoms. The number of rotatable bonds is 2. The molecule has 7 heteroatoms. The summed E-state index contributed by atoms with van der Waals surface area (Å²) in [4.78, 5) is 23.6. The van der Waals surface area contributed by atoms with Crippen LogP contribution in [0.3, 0.4) is 0 Å². The minimum absolute atomic E-state index is 0.138. The Morgan fingerprint density at radius 3 is 2.71 bits per heavy atom. The molecule has 0 fully saturated rings. The van der Waals surface area contributed by atoms with Crippen LogP contribution in [0.15, 0.2) is 18.2 Å². The maximum absolute atomic E-state index is 11.2. The zero-order valence-corrected chi connectivity index (χ0v) is 11.8. The van der Waals surface area contributed by atoms with Gasteiger partial charge in [0.05, 0.1) is 6.54 Å². The zero-order valence-electron chi connectivity index (χ0n) is 11.0. The van der Waals surface area contributed by atoms with Crippen molar-refractivity contribution in [3.63, 3.8) is 0 Å². The summed E-state index contributed by atoms with van der Waals surface area (Å²) in [7, 11) is 0. The van der Waals surface area contributed by atoms with Crippen molar-refractivity contribution in [2.75, 3.05) is 6.54 Å². The van der Waals surface area contributed by atoms with Gasteiger partial charge >= 0.3 is 12.1 Å². The van der Waals surface area contributed by atoms with Crippen LogP contribution in [0.2, 0.25) is 5.02 Å². The van der Waals surface area contributed by atoms with Crippen LogP contribution in [0.4, 0.5) is 4.79 Å². The highest BCUT2D eigenvalue weighted by molar-refractivity contribution is 6.31. The smallest absolute Gasteiger partial charge is 0.407 e. The number of hydrogen-bond donors (Lipinski definition) is 2. The maximum atomic E-state index is 11.2. The van der Waals surface area contributed by atoms with Gasteiger partial charge in [0.1, 0.15) is 6.54 Å². The molecule has 2 N–H and O–H groups in total. The van der Waals surface area contributed by atoms with Gasteiger partial charge in [-0.05, 0) is 18.2 Å². The molecule has 2 heterocycles. The second kappa shape index (κ2) is 4.96. The topological polar surface area (TPSA) is 82.8 Å². The summed E-state index contributed by atoms with van der Waals surface area (Å²) in [5.74, 6) is -0.926. The highest BCUT2D eigenvalue weighted by Crippen LogP contribution is 2.32. The number of aromatic nitrogens is 1. The van der Waals surface area contributed by atoms with Crippen LogP contribution in [0, 0.1) is 0 Å². The number of carboxylic acid groups (broad SMARTS) is 2. The van der Waals surface area contributed by atoms with E-state index < -0.39 is 12.1 Å². The second-order valence-electron chi connectivity index (χ2n) is 5.02. The first-order valence-corrected chi connectivity index (χ1v) is 6.84. The van der Waals surface area contributed by atoms with Crippen molar-refractivity contribution in [2.24, 2.45) is 0 Å². The number of amides is 1. The van der Waals surface area contributed by atoms with Gasteiger partial charge in [0.25, 0.3) is 0 Å². The molecule has 0 bridgehead atoms. The molecular weight excluding hydrogens is 296 g/mol. The average Bonchev–Trinajstić information content (AvgIpc) is 2.71. The van der Waals surface area contributed by atoms with E-state index in [9.17, 15) is 9.59 Å². The number of aliphatic carboxylic acids is 1. The third-order valence-corrected chi connectivity index (χ3v) is 4.02. The molecule has 0 unspecified atom stereocenters. The number of carbonyl (C=O) groups is 2. The van der Waals surface area contributed by atoms with E-state index in [0.717, 1.165) is 22.2 Å². The molecule has 0 aliphatic carbocycles. The van der Waals surface area contributed by atoms with Crippen molar-refractivity contribution < 1.29 is 19.8 Å². The largest absolute Gasteiger partial charge is 0.480 e. The van der Waals surface area contributed by atoms with Gasteiger partial charge in [0.15, 0.2) is 0 Å². The third-order valence-electron chi connectivity index (χ3n) is 3.78. The fraction of sp³-hybridized carbons (Fsp3) is 0.286. The predicted molar refractivity (Wildman–Crippen MR) is 76.7 cm³/mol. The molecule has 1 aromatic heterocycles. The maximum Gasteiger partial charge on any atom is 0.407 e. The summed E-state index contributed by atoms with van der Waals surface area (Å²) in [5.41, 5.74) is 2.51. The number of halogens is 1. The van der Waals surface area contributed by atoms with Crippen LogP contribution >= 0.6 is 11.6 Å². The van der Waals surface area contributed by atoms with Gasteiger partial charge in [0.2, 0.25) is 0 Å². The lowest BCUT2D eigenvalue weighted by atomic mass is 10.0. The second-order valence-corrected chi connectivity index (χ2v) is 5.46. The highest BCUT2D eigenvalue weighted by atomic mass is 35.5. The first-order chi connectivity index (χ1) is 9.97. The van der Waals surface area contributed by atoms with Crippen LogP contribution < -0.4 is 0 Å². The van der Waals surface area contributed by atoms with Crippen LogP contribution in [0.5, 0.6) is 0 Å². The SMILES string of the molecule is O=C(O)Cn1c2c(c3cc(Cl)ccc31)CN(C(=O)O)CC2. The fourth-order valence-corrected chi connectivity index (χ4v) is 3.07. The Kier molecular flexibility index (Phi) is 3.25. The number of hydrogen-bond acceptors (Lipinski definition) is 2. The molecule has 2 aromatic rings. The van der Waals surface area contributed by atoms with E-state index in [1.165, 1.54) is 4.90 Å². The van der Waals surface area contributed by atoms with Crippen LogP contribution in [-0.4, -0.2) is 38.3 Å². The minimum Gasteiger partial charge on any atom is -0.480 e. The van der Waals surface area contributed by atoms with Gasteiger partial charge in [0, 0.05) is 40.1 Å². The first-order valence-electron chi connectivity index (χ1n) is 6.46. The molecule has 0 radical (unpaired) electrons. The molecule has 21 heavy (non-hydrogen) atoms. The van der Waals surface area contributed by atoms with E-state index in [0.29, 0.717) is 18.0 Å². The van der Waals surface area contributed by atoms with Crippen LogP contribution in [0.1, 0.15) is 11.3 Å². The van der Waals surface area contributed by atoms with E-state index in [-0.39, 0.29) is 13.1 Å². The molecule has 1 aromatic carbocycles. The van der Waals surface area contributed by atoms with Crippen molar-refractivity contribution in [1.29, 1.82) is 0 Å². The van der Waals surface area contributed by atoms with E-state index in [1.54, 1.807) is 22.8 Å². The Bertz CT molecular complexity index is 753. The number of fused-ring (bicyclic) bond motifs is 3. The molecular formula is C14H13ClN2O4. The predicted octanol–water partition coefficient (Wildman–Crippen LogP) is 2.42. The van der Waals surface area contributed by atoms with Gasteiger partial charge in [-0.2, -0.15) is 0 Å². The van der Waals surface area contributed by atoms with Gasteiger partial charge in [-0.25, -0.2) is 4.79 Å². The van der Waals surface area contributed by atoms with E-state index in [2.05, 4.69) is 0 Å². The minimum atomic E-state index is -0.971. The lowest BCUT2D eigenvalue weighted by Crippen LogP contribution is -2.35. The number of nitrogens with zero attached hydrogens (tertiary/aromatic N) is 2. The summed E-state index contributed by atoms with van der Waals surface area (Å²) in [6, 6.07) is 5.26. The summed E-state index contributed by atoms with van der Waals surface area (Å²) >= 11 is 6.02. The normalized spacial score (nSPS) is 14.2. The van der Waals surface area contributed by atoms with Crippen molar-refractivity contribution in [2.45, 2.75) is 19.5 Å². The quantitative estimate of drug-likeness (QED) is 0.892. The molecule has 110 valence electrons. The first kappa shape index (κ1) is 13.8. The molecule has 1 amide bonds. The summed E-state index contributed by atoms with van der Waals surface area (Å²) < 4.78 is 1.74. The lowest BCUT2D eigenvalue weighted by molar-refractivity contribution is -0.137. The number of benzene rings is 1. The van der Waals surface area contributed by atoms with E-state index in [1.807, 2.05) is 0 Å². The molecule has 1 aliphatic heterocycles. The van der Waals surface area contributed by atoms with Crippen molar-refractivity contribution in [3.05, 3.63) is 34.5 Å². The summed E-state index contributed by atoms with van der Waals surface area (Å²) in [5, 5.41) is 19.6. The lowest BCUT2D eigenvalue weighted by Gasteiger charge is -2.25. The Hall–Kier alpha value is -2.21. The molecule has 1 aliphatic rings. The Labute approximate surface area is 125 Å². The molecule has 0 saturated carbocycles. The zero-order chi connectivity index (χ0) is 15.1. The molecule has 0 saturated heterocycles. The van der Waals surface area contributed by atoms with Gasteiger partial charge in [-0.1, -0.05) is 11.6 Å². The third kappa shape index (κ3) is 2.31. The van der Waals surface area contributed by atoms with Gasteiger partial charge < -0.3 is 19.7 Å². The summed E-state index contributed by atoms with van der Waals surface area (Å²) in [6.07, 6.45) is -0.469. The van der Waals surface area contributed by atoms with Crippen LogP contribution in [0.25, 0.3) is 10.9 Å². The summed E-state index contributed by atoms with van der Waals surface area (Å²) in [6.45, 7) is 0.487. The molecule has 6 nitrogen and oxygen atoms in total. The van der Waals surface area contributed by atoms with Gasteiger partial charge in [-0.3, -0.25) is 4.79 Å². The van der Waals surface area contributed by atoms with Crippen LogP contribution in [-0.2, 0) is 24.3 Å². The van der Waals surface area contributed by atoms with Crippen molar-refractivity contribution >= 4 is 34.6 Å². The highest BCUT2D eigenvalue weighted by Gasteiger charge is 2.27. The number of carboxylic acids is 1. The monoisotopic (exact) mass is 308 g/mol. The van der Waals surface area contributed by atoms with Gasteiger partial charge in [-0.15, -0.1) is 0 Å². The van der Waals surface area contributed by atoms with Crippen molar-refractivity contribution in [1.82, 2.24) is 9.47 Å². The van der Waals surface area contributed by atoms with E-state index >= 15 is 0 Å². The van der Waals surface area contributed by atoms with Crippen molar-refractivity contribution in [3.8, 4) is 0 Å². The van der Waals surface area contributed by atoms with E-state index in [4.69, 9.17) is 21.8 Å². The fourth-order valence-electron chi connectivity index (χ4n) is 2.90. The Morgan fingerprint density at radius 2 is 2.05 bits per heavy atom.